The van der Waals surface area contributed by atoms with Crippen LogP contribution in [0.5, 0.6) is 5.75 Å². The fourth-order valence-electron chi connectivity index (χ4n) is 3.61. The third-order valence-corrected chi connectivity index (χ3v) is 5.57. The zero-order valence-corrected chi connectivity index (χ0v) is 18.9. The fraction of sp³-hybridized carbons (Fsp3) is 0.696. The second kappa shape index (κ2) is 12.7. The van der Waals surface area contributed by atoms with Crippen LogP contribution in [0.1, 0.15) is 51.5 Å². The number of benzene rings is 1. The van der Waals surface area contributed by atoms with Crippen LogP contribution in [-0.2, 0) is 4.74 Å². The van der Waals surface area contributed by atoms with E-state index in [-0.39, 0.29) is 0 Å². The van der Waals surface area contributed by atoms with E-state index in [1.54, 1.807) is 7.11 Å². The summed E-state index contributed by atoms with van der Waals surface area (Å²) >= 11 is 0. The normalized spacial score (nSPS) is 17.4. The Bertz CT molecular complexity index is 595. The van der Waals surface area contributed by atoms with Gasteiger partial charge in [0.05, 0.1) is 19.8 Å². The number of piperidine rings is 1. The van der Waals surface area contributed by atoms with Crippen molar-refractivity contribution in [3.63, 3.8) is 0 Å². The van der Waals surface area contributed by atoms with Crippen molar-refractivity contribution in [1.29, 1.82) is 0 Å². The molecule has 0 bridgehead atoms. The monoisotopic (exact) mass is 404 g/mol. The fourth-order valence-corrected chi connectivity index (χ4v) is 3.61. The lowest BCUT2D eigenvalue weighted by molar-refractivity contribution is 0.0532. The quantitative estimate of drug-likeness (QED) is 0.463. The highest BCUT2D eigenvalue weighted by Crippen LogP contribution is 2.21. The molecule has 1 aromatic carbocycles. The summed E-state index contributed by atoms with van der Waals surface area (Å²) in [4.78, 5) is 6.90. The van der Waals surface area contributed by atoms with Crippen molar-refractivity contribution >= 4 is 5.96 Å². The Kier molecular flexibility index (Phi) is 10.3. The number of hydrogen-bond donors (Lipinski definition) is 2. The molecule has 2 rings (SSSR count). The molecule has 0 saturated carbocycles. The number of nitrogens with zero attached hydrogens (tertiary/aromatic N) is 2. The highest BCUT2D eigenvalue weighted by atomic mass is 16.5. The van der Waals surface area contributed by atoms with Crippen LogP contribution in [0.3, 0.4) is 0 Å². The predicted octanol–water partition coefficient (Wildman–Crippen LogP) is 3.24. The van der Waals surface area contributed by atoms with E-state index in [0.717, 1.165) is 63.8 Å². The largest absolute Gasteiger partial charge is 0.497 e. The first-order valence-electron chi connectivity index (χ1n) is 11.0. The van der Waals surface area contributed by atoms with E-state index in [9.17, 15) is 0 Å². The van der Waals surface area contributed by atoms with Gasteiger partial charge in [-0.15, -0.1) is 0 Å². The second-order valence-electron chi connectivity index (χ2n) is 8.14. The zero-order valence-electron chi connectivity index (χ0n) is 18.9. The van der Waals surface area contributed by atoms with Crippen molar-refractivity contribution in [2.24, 2.45) is 4.99 Å². The van der Waals surface area contributed by atoms with Gasteiger partial charge in [-0.25, -0.2) is 0 Å². The summed E-state index contributed by atoms with van der Waals surface area (Å²) in [5.41, 5.74) is 1.34. The van der Waals surface area contributed by atoms with Gasteiger partial charge in [-0.3, -0.25) is 4.99 Å². The smallest absolute Gasteiger partial charge is 0.191 e. The van der Waals surface area contributed by atoms with Gasteiger partial charge in [-0.2, -0.15) is 0 Å². The summed E-state index contributed by atoms with van der Waals surface area (Å²) in [6, 6.07) is 8.84. The molecule has 1 aliphatic heterocycles. The van der Waals surface area contributed by atoms with Crippen LogP contribution in [0, 0.1) is 0 Å². The van der Waals surface area contributed by atoms with E-state index in [0.29, 0.717) is 18.1 Å². The molecule has 1 fully saturated rings. The minimum absolute atomic E-state index is 0.316. The molecule has 1 atom stereocenters. The summed E-state index contributed by atoms with van der Waals surface area (Å²) in [5, 5.41) is 7.07. The predicted molar refractivity (Wildman–Crippen MR) is 121 cm³/mol. The molecule has 164 valence electrons. The first-order valence-corrected chi connectivity index (χ1v) is 11.0. The Morgan fingerprint density at radius 1 is 1.17 bits per heavy atom. The Hall–Kier alpha value is -1.79. The average molecular weight is 405 g/mol. The first-order chi connectivity index (χ1) is 14.0. The van der Waals surface area contributed by atoms with E-state index in [2.05, 4.69) is 53.4 Å². The Morgan fingerprint density at radius 3 is 2.45 bits per heavy atom. The molecule has 0 amide bonds. The molecule has 1 aromatic rings. The minimum Gasteiger partial charge on any atom is -0.497 e. The van der Waals surface area contributed by atoms with Gasteiger partial charge in [0.1, 0.15) is 5.75 Å². The molecule has 1 unspecified atom stereocenters. The van der Waals surface area contributed by atoms with E-state index in [1.807, 2.05) is 19.2 Å². The zero-order chi connectivity index (χ0) is 21.1. The number of nitrogens with one attached hydrogen (secondary N) is 2. The van der Waals surface area contributed by atoms with Gasteiger partial charge in [0.15, 0.2) is 5.96 Å². The first kappa shape index (κ1) is 23.5. The van der Waals surface area contributed by atoms with Crippen LogP contribution in [0.15, 0.2) is 29.3 Å². The Morgan fingerprint density at radius 2 is 1.86 bits per heavy atom. The van der Waals surface area contributed by atoms with E-state index in [1.165, 1.54) is 5.56 Å². The molecule has 6 nitrogen and oxygen atoms in total. The SMILES string of the molecule is CN=C(NCCC(C)c1ccc(OC)cc1)NC1CCN(CCOC(C)C)CC1. The van der Waals surface area contributed by atoms with Crippen molar-refractivity contribution < 1.29 is 9.47 Å². The number of rotatable bonds is 10. The number of likely N-dealkylation sites (tertiary alicyclic amines) is 1. The van der Waals surface area contributed by atoms with Crippen LogP contribution in [-0.4, -0.2) is 69.9 Å². The van der Waals surface area contributed by atoms with Crippen LogP contribution < -0.4 is 15.4 Å². The van der Waals surface area contributed by atoms with E-state index < -0.39 is 0 Å². The molecule has 0 aromatic heterocycles. The van der Waals surface area contributed by atoms with Crippen molar-refractivity contribution in [1.82, 2.24) is 15.5 Å². The summed E-state index contributed by atoms with van der Waals surface area (Å²) in [7, 11) is 3.55. The van der Waals surface area contributed by atoms with Gasteiger partial charge in [0.25, 0.3) is 0 Å². The number of hydrogen-bond acceptors (Lipinski definition) is 4. The molecular formula is C23H40N4O2. The lowest BCUT2D eigenvalue weighted by Crippen LogP contribution is -2.49. The van der Waals surface area contributed by atoms with Crippen molar-refractivity contribution in [3.05, 3.63) is 29.8 Å². The van der Waals surface area contributed by atoms with E-state index in [4.69, 9.17) is 9.47 Å². The maximum Gasteiger partial charge on any atom is 0.191 e. The Balaban J connectivity index is 1.65. The molecule has 1 aliphatic rings. The van der Waals surface area contributed by atoms with Gasteiger partial charge >= 0.3 is 0 Å². The maximum absolute atomic E-state index is 5.67. The number of ether oxygens (including phenoxy) is 2. The van der Waals surface area contributed by atoms with Crippen LogP contribution in [0.2, 0.25) is 0 Å². The molecule has 0 spiro atoms. The van der Waals surface area contributed by atoms with Crippen LogP contribution in [0.4, 0.5) is 0 Å². The number of aliphatic imine (C=N–C) groups is 1. The van der Waals surface area contributed by atoms with Crippen molar-refractivity contribution in [2.45, 2.75) is 58.1 Å². The average Bonchev–Trinajstić information content (AvgIpc) is 2.73. The molecule has 6 heteroatoms. The highest BCUT2D eigenvalue weighted by Gasteiger charge is 2.19. The van der Waals surface area contributed by atoms with Crippen molar-refractivity contribution in [3.8, 4) is 5.75 Å². The van der Waals surface area contributed by atoms with Gasteiger partial charge in [0, 0.05) is 39.3 Å². The molecule has 1 saturated heterocycles. The van der Waals surface area contributed by atoms with Crippen molar-refractivity contribution in [2.75, 3.05) is 46.9 Å². The number of methoxy groups -OCH3 is 1. The maximum atomic E-state index is 5.67. The van der Waals surface area contributed by atoms with Gasteiger partial charge in [-0.05, 0) is 56.7 Å². The lowest BCUT2D eigenvalue weighted by Gasteiger charge is -2.33. The molecule has 29 heavy (non-hydrogen) atoms. The second-order valence-corrected chi connectivity index (χ2v) is 8.14. The Labute approximate surface area is 177 Å². The molecule has 1 heterocycles. The highest BCUT2D eigenvalue weighted by molar-refractivity contribution is 5.79. The third-order valence-electron chi connectivity index (χ3n) is 5.57. The minimum atomic E-state index is 0.316. The van der Waals surface area contributed by atoms with Crippen LogP contribution >= 0.6 is 0 Å². The summed E-state index contributed by atoms with van der Waals surface area (Å²) in [6.07, 6.45) is 3.66. The standard InChI is InChI=1S/C23H40N4O2/c1-18(2)29-17-16-27-14-11-21(12-15-27)26-23(24-4)25-13-10-19(3)20-6-8-22(28-5)9-7-20/h6-9,18-19,21H,10-17H2,1-5H3,(H2,24,25,26). The third kappa shape index (κ3) is 8.62. The summed E-state index contributed by atoms with van der Waals surface area (Å²) in [5.74, 6) is 2.30. The van der Waals surface area contributed by atoms with Gasteiger partial charge in [0.2, 0.25) is 0 Å². The molecule has 2 N–H and O–H groups in total. The van der Waals surface area contributed by atoms with Gasteiger partial charge < -0.3 is 25.0 Å². The lowest BCUT2D eigenvalue weighted by atomic mass is 9.98. The molecule has 0 aliphatic carbocycles. The van der Waals surface area contributed by atoms with Gasteiger partial charge in [-0.1, -0.05) is 19.1 Å². The molecule has 0 radical (unpaired) electrons. The topological polar surface area (TPSA) is 58.1 Å². The molecular weight excluding hydrogens is 364 g/mol. The summed E-state index contributed by atoms with van der Waals surface area (Å²) < 4.78 is 10.9. The van der Waals surface area contributed by atoms with E-state index >= 15 is 0 Å². The van der Waals surface area contributed by atoms with Crippen LogP contribution in [0.25, 0.3) is 0 Å². The summed E-state index contributed by atoms with van der Waals surface area (Å²) in [6.45, 7) is 11.4. The number of guanidine groups is 1.